The van der Waals surface area contributed by atoms with E-state index in [0.29, 0.717) is 54.8 Å². The summed E-state index contributed by atoms with van der Waals surface area (Å²) in [5.41, 5.74) is 0.975. The number of rotatable bonds is 5. The van der Waals surface area contributed by atoms with Crippen molar-refractivity contribution in [3.8, 4) is 5.75 Å². The summed E-state index contributed by atoms with van der Waals surface area (Å²) in [6.45, 7) is 3.61. The Kier molecular flexibility index (Phi) is 5.28. The van der Waals surface area contributed by atoms with Crippen LogP contribution in [0.3, 0.4) is 0 Å². The van der Waals surface area contributed by atoms with Crippen molar-refractivity contribution in [1.82, 2.24) is 19.9 Å². The lowest BCUT2D eigenvalue weighted by Crippen LogP contribution is -2.50. The molecule has 0 atom stereocenters. The fraction of sp³-hybridized carbons (Fsp3) is 0.300. The molecule has 2 aromatic heterocycles. The molecule has 9 nitrogen and oxygen atoms in total. The van der Waals surface area contributed by atoms with E-state index in [2.05, 4.69) is 10.1 Å². The highest BCUT2D eigenvalue weighted by Gasteiger charge is 2.27. The smallest absolute Gasteiger partial charge is 0.257 e. The summed E-state index contributed by atoms with van der Waals surface area (Å²) in [7, 11) is 0. The summed E-state index contributed by atoms with van der Waals surface area (Å²) >= 11 is 0. The zero-order valence-electron chi connectivity index (χ0n) is 15.9. The van der Waals surface area contributed by atoms with Gasteiger partial charge in [0.05, 0.1) is 17.4 Å². The van der Waals surface area contributed by atoms with Crippen LogP contribution in [0.4, 0.5) is 0 Å². The summed E-state index contributed by atoms with van der Waals surface area (Å²) in [6, 6.07) is 8.69. The average molecular weight is 396 g/mol. The van der Waals surface area contributed by atoms with Crippen LogP contribution in [0.25, 0.3) is 0 Å². The Hall–Kier alpha value is -3.62. The number of nitrogens with zero attached hydrogens (tertiary/aromatic N) is 4. The Bertz CT molecular complexity index is 990. The molecule has 29 heavy (non-hydrogen) atoms. The fourth-order valence-electron chi connectivity index (χ4n) is 3.16. The Labute approximate surface area is 166 Å². The SMILES string of the molecule is Cc1nc(COc2ccccc2C(=O)N2CCN(C(=O)c3ccoc3)CC2)no1. The second-order valence-corrected chi connectivity index (χ2v) is 6.61. The lowest BCUT2D eigenvalue weighted by atomic mass is 10.1. The van der Waals surface area contributed by atoms with Crippen LogP contribution in [-0.2, 0) is 6.61 Å². The van der Waals surface area contributed by atoms with Crippen molar-refractivity contribution in [1.29, 1.82) is 0 Å². The number of aryl methyl sites for hydroxylation is 1. The van der Waals surface area contributed by atoms with Crippen LogP contribution in [-0.4, -0.2) is 57.9 Å². The number of benzene rings is 1. The molecule has 1 fully saturated rings. The molecule has 0 N–H and O–H groups in total. The van der Waals surface area contributed by atoms with Gasteiger partial charge in [-0.1, -0.05) is 17.3 Å². The average Bonchev–Trinajstić information content (AvgIpc) is 3.43. The van der Waals surface area contributed by atoms with Crippen molar-refractivity contribution < 1.29 is 23.3 Å². The summed E-state index contributed by atoms with van der Waals surface area (Å²) in [4.78, 5) is 33.0. The Morgan fingerprint density at radius 2 is 1.79 bits per heavy atom. The minimum atomic E-state index is -0.139. The van der Waals surface area contributed by atoms with Gasteiger partial charge < -0.3 is 23.5 Å². The fourth-order valence-corrected chi connectivity index (χ4v) is 3.16. The third kappa shape index (κ3) is 4.13. The number of hydrogen-bond acceptors (Lipinski definition) is 7. The minimum Gasteiger partial charge on any atom is -0.485 e. The van der Waals surface area contributed by atoms with Crippen LogP contribution < -0.4 is 4.74 Å². The third-order valence-corrected chi connectivity index (χ3v) is 4.67. The molecule has 0 saturated carbocycles. The van der Waals surface area contributed by atoms with Crippen LogP contribution in [0.1, 0.15) is 32.4 Å². The van der Waals surface area contributed by atoms with Crippen molar-refractivity contribution >= 4 is 11.8 Å². The van der Waals surface area contributed by atoms with Crippen LogP contribution in [0.2, 0.25) is 0 Å². The Morgan fingerprint density at radius 3 is 2.45 bits per heavy atom. The largest absolute Gasteiger partial charge is 0.485 e. The number of amides is 2. The molecule has 0 spiro atoms. The van der Waals surface area contributed by atoms with Crippen LogP contribution >= 0.6 is 0 Å². The first-order valence-corrected chi connectivity index (χ1v) is 9.23. The lowest BCUT2D eigenvalue weighted by Gasteiger charge is -2.34. The number of aromatic nitrogens is 2. The van der Waals surface area contributed by atoms with Crippen molar-refractivity contribution in [3.05, 3.63) is 65.7 Å². The molecular weight excluding hydrogens is 376 g/mol. The normalized spacial score (nSPS) is 14.1. The third-order valence-electron chi connectivity index (χ3n) is 4.67. The van der Waals surface area contributed by atoms with Crippen LogP contribution in [0.15, 0.2) is 51.8 Å². The van der Waals surface area contributed by atoms with Gasteiger partial charge in [-0.05, 0) is 18.2 Å². The Balaban J connectivity index is 1.39. The monoisotopic (exact) mass is 396 g/mol. The van der Waals surface area contributed by atoms with Crippen LogP contribution in [0, 0.1) is 6.92 Å². The van der Waals surface area contributed by atoms with Gasteiger partial charge in [-0.3, -0.25) is 9.59 Å². The minimum absolute atomic E-state index is 0.0926. The highest BCUT2D eigenvalue weighted by molar-refractivity contribution is 5.97. The predicted octanol–water partition coefficient (Wildman–Crippen LogP) is 2.15. The van der Waals surface area contributed by atoms with Crippen LogP contribution in [0.5, 0.6) is 5.75 Å². The summed E-state index contributed by atoms with van der Waals surface area (Å²) in [5.74, 6) is 1.09. The molecular formula is C20H20N4O5. The molecule has 0 bridgehead atoms. The molecule has 1 aromatic carbocycles. The number of piperazine rings is 1. The first kappa shape index (κ1) is 18.7. The van der Waals surface area contributed by atoms with Gasteiger partial charge in [0, 0.05) is 33.1 Å². The van der Waals surface area contributed by atoms with Gasteiger partial charge in [0.15, 0.2) is 6.61 Å². The van der Waals surface area contributed by atoms with Gasteiger partial charge >= 0.3 is 0 Å². The van der Waals surface area contributed by atoms with Crippen molar-refractivity contribution in [2.75, 3.05) is 26.2 Å². The molecule has 1 aliphatic heterocycles. The van der Waals surface area contributed by atoms with Gasteiger partial charge in [-0.15, -0.1) is 0 Å². The molecule has 3 heterocycles. The second kappa shape index (κ2) is 8.17. The maximum absolute atomic E-state index is 13.0. The highest BCUT2D eigenvalue weighted by Crippen LogP contribution is 2.22. The van der Waals surface area contributed by atoms with E-state index in [4.69, 9.17) is 13.7 Å². The molecule has 0 aliphatic carbocycles. The topological polar surface area (TPSA) is 102 Å². The quantitative estimate of drug-likeness (QED) is 0.651. The number of carbonyl (C=O) groups is 2. The van der Waals surface area contributed by atoms with Gasteiger partial charge in [0.2, 0.25) is 11.7 Å². The molecule has 150 valence electrons. The number of hydrogen-bond donors (Lipinski definition) is 0. The molecule has 0 radical (unpaired) electrons. The zero-order valence-corrected chi connectivity index (χ0v) is 15.9. The number of para-hydroxylation sites is 1. The predicted molar refractivity (Wildman–Crippen MR) is 100 cm³/mol. The van der Waals surface area contributed by atoms with E-state index in [0.717, 1.165) is 0 Å². The van der Waals surface area contributed by atoms with E-state index in [1.165, 1.54) is 12.5 Å². The lowest BCUT2D eigenvalue weighted by molar-refractivity contribution is 0.0532. The molecule has 3 aromatic rings. The zero-order chi connectivity index (χ0) is 20.2. The molecule has 1 saturated heterocycles. The van der Waals surface area contributed by atoms with E-state index in [-0.39, 0.29) is 18.4 Å². The van der Waals surface area contributed by atoms with Crippen molar-refractivity contribution in [2.45, 2.75) is 13.5 Å². The van der Waals surface area contributed by atoms with Gasteiger partial charge in [0.25, 0.3) is 11.8 Å². The van der Waals surface area contributed by atoms with E-state index in [1.54, 1.807) is 47.1 Å². The van der Waals surface area contributed by atoms with Gasteiger partial charge in [0.1, 0.15) is 12.0 Å². The summed E-state index contributed by atoms with van der Waals surface area (Å²) in [5, 5.41) is 3.79. The molecule has 1 aliphatic rings. The van der Waals surface area contributed by atoms with Crippen molar-refractivity contribution in [2.24, 2.45) is 0 Å². The summed E-state index contributed by atoms with van der Waals surface area (Å²) < 4.78 is 15.6. The molecule has 4 rings (SSSR count). The van der Waals surface area contributed by atoms with E-state index in [9.17, 15) is 9.59 Å². The number of furan rings is 1. The van der Waals surface area contributed by atoms with E-state index >= 15 is 0 Å². The van der Waals surface area contributed by atoms with E-state index in [1.807, 2.05) is 0 Å². The molecule has 9 heteroatoms. The number of ether oxygens (including phenoxy) is 1. The number of carbonyl (C=O) groups excluding carboxylic acids is 2. The van der Waals surface area contributed by atoms with E-state index < -0.39 is 0 Å². The first-order chi connectivity index (χ1) is 14.1. The highest BCUT2D eigenvalue weighted by atomic mass is 16.5. The van der Waals surface area contributed by atoms with Gasteiger partial charge in [-0.2, -0.15) is 4.98 Å². The standard InChI is InChI=1S/C20H20N4O5/c1-14-21-18(22-29-14)13-28-17-5-3-2-4-16(17)20(26)24-9-7-23(8-10-24)19(25)15-6-11-27-12-15/h2-6,11-12H,7-10,13H2,1H3. The second-order valence-electron chi connectivity index (χ2n) is 6.61. The Morgan fingerprint density at radius 1 is 1.07 bits per heavy atom. The molecule has 2 amide bonds. The first-order valence-electron chi connectivity index (χ1n) is 9.23. The van der Waals surface area contributed by atoms with Gasteiger partial charge in [-0.25, -0.2) is 0 Å². The van der Waals surface area contributed by atoms with Crippen molar-refractivity contribution in [3.63, 3.8) is 0 Å². The maximum atomic E-state index is 13.0. The maximum Gasteiger partial charge on any atom is 0.257 e. The summed E-state index contributed by atoms with van der Waals surface area (Å²) in [6.07, 6.45) is 2.90. The molecule has 0 unspecified atom stereocenters.